The van der Waals surface area contributed by atoms with Gasteiger partial charge in [0.1, 0.15) is 0 Å². The first kappa shape index (κ1) is 17.9. The molecular formula is C20H34N2O2. The fourth-order valence-corrected chi connectivity index (χ4v) is 5.01. The first-order chi connectivity index (χ1) is 11.3. The molecule has 24 heavy (non-hydrogen) atoms. The Morgan fingerprint density at radius 1 is 0.875 bits per heavy atom. The Morgan fingerprint density at radius 3 is 1.83 bits per heavy atom. The maximum atomic E-state index is 12.8. The van der Waals surface area contributed by atoms with Gasteiger partial charge in [0.25, 0.3) is 0 Å². The van der Waals surface area contributed by atoms with E-state index < -0.39 is 0 Å². The molecule has 1 spiro atoms. The van der Waals surface area contributed by atoms with Gasteiger partial charge in [-0.2, -0.15) is 0 Å². The third kappa shape index (κ3) is 3.68. The van der Waals surface area contributed by atoms with Crippen LogP contribution < -0.4 is 0 Å². The van der Waals surface area contributed by atoms with Crippen molar-refractivity contribution in [2.45, 2.75) is 85.0 Å². The molecule has 0 N–H and O–H groups in total. The molecule has 4 heteroatoms. The molecule has 0 aromatic heterocycles. The van der Waals surface area contributed by atoms with Gasteiger partial charge in [0.15, 0.2) is 0 Å². The van der Waals surface area contributed by atoms with Crippen molar-refractivity contribution >= 4 is 11.8 Å². The minimum absolute atomic E-state index is 0.0434. The standard InChI is InChI=1S/C20H34N2O2/c1-19(2,3)16-8-10-20(11-9-16)14-17(23)22(18(24)15-20)21-12-6-4-5-7-13-21/h16H,4-15H2,1-3H3. The van der Waals surface area contributed by atoms with Crippen LogP contribution in [-0.4, -0.2) is 34.9 Å². The molecule has 2 saturated heterocycles. The Labute approximate surface area is 146 Å². The number of amides is 2. The Hall–Kier alpha value is -0.900. The summed E-state index contributed by atoms with van der Waals surface area (Å²) >= 11 is 0. The van der Waals surface area contributed by atoms with Gasteiger partial charge in [-0.05, 0) is 55.3 Å². The molecule has 0 radical (unpaired) electrons. The van der Waals surface area contributed by atoms with E-state index in [2.05, 4.69) is 20.8 Å². The van der Waals surface area contributed by atoms with Crippen molar-refractivity contribution in [2.24, 2.45) is 16.7 Å². The van der Waals surface area contributed by atoms with Crippen LogP contribution in [0.1, 0.15) is 85.0 Å². The van der Waals surface area contributed by atoms with E-state index in [0.29, 0.717) is 18.3 Å². The van der Waals surface area contributed by atoms with Crippen molar-refractivity contribution in [2.75, 3.05) is 13.1 Å². The molecule has 0 aromatic rings. The second-order valence-corrected chi connectivity index (χ2v) is 9.46. The highest BCUT2D eigenvalue weighted by atomic mass is 16.2. The number of hydrogen-bond acceptors (Lipinski definition) is 3. The maximum Gasteiger partial charge on any atom is 0.244 e. The lowest BCUT2D eigenvalue weighted by molar-refractivity contribution is -0.175. The van der Waals surface area contributed by atoms with Crippen LogP contribution in [0.5, 0.6) is 0 Å². The lowest BCUT2D eigenvalue weighted by atomic mass is 9.61. The number of nitrogens with zero attached hydrogens (tertiary/aromatic N) is 2. The zero-order chi connectivity index (χ0) is 17.4. The van der Waals surface area contributed by atoms with Gasteiger partial charge >= 0.3 is 0 Å². The van der Waals surface area contributed by atoms with Crippen molar-refractivity contribution in [3.05, 3.63) is 0 Å². The maximum absolute atomic E-state index is 12.8. The summed E-state index contributed by atoms with van der Waals surface area (Å²) < 4.78 is 0. The molecule has 136 valence electrons. The van der Waals surface area contributed by atoms with Crippen LogP contribution in [0, 0.1) is 16.7 Å². The quantitative estimate of drug-likeness (QED) is 0.676. The molecule has 4 nitrogen and oxygen atoms in total. The van der Waals surface area contributed by atoms with Gasteiger partial charge in [0.2, 0.25) is 11.8 Å². The molecular weight excluding hydrogens is 300 g/mol. The van der Waals surface area contributed by atoms with Crippen LogP contribution in [0.2, 0.25) is 0 Å². The highest BCUT2D eigenvalue weighted by Crippen LogP contribution is 2.50. The second kappa shape index (κ2) is 6.78. The van der Waals surface area contributed by atoms with Crippen LogP contribution in [0.4, 0.5) is 0 Å². The molecule has 0 atom stereocenters. The molecule has 1 aliphatic carbocycles. The van der Waals surface area contributed by atoms with E-state index in [0.717, 1.165) is 57.5 Å². The number of rotatable bonds is 1. The van der Waals surface area contributed by atoms with Crippen molar-refractivity contribution < 1.29 is 9.59 Å². The molecule has 2 heterocycles. The van der Waals surface area contributed by atoms with E-state index in [1.54, 1.807) is 0 Å². The number of piperidine rings is 1. The van der Waals surface area contributed by atoms with Crippen molar-refractivity contribution in [3.63, 3.8) is 0 Å². The molecule has 0 unspecified atom stereocenters. The number of imide groups is 1. The van der Waals surface area contributed by atoms with Crippen LogP contribution in [0.3, 0.4) is 0 Å². The van der Waals surface area contributed by atoms with E-state index in [1.165, 1.54) is 17.9 Å². The topological polar surface area (TPSA) is 40.6 Å². The van der Waals surface area contributed by atoms with E-state index >= 15 is 0 Å². The predicted octanol–water partition coefficient (Wildman–Crippen LogP) is 4.15. The normalized spacial score (nSPS) is 27.5. The predicted molar refractivity (Wildman–Crippen MR) is 95.0 cm³/mol. The fourth-order valence-electron chi connectivity index (χ4n) is 5.01. The molecule has 1 saturated carbocycles. The zero-order valence-electron chi connectivity index (χ0n) is 15.8. The van der Waals surface area contributed by atoms with Gasteiger partial charge < -0.3 is 0 Å². The molecule has 3 aliphatic rings. The lowest BCUT2D eigenvalue weighted by Gasteiger charge is -2.48. The summed E-state index contributed by atoms with van der Waals surface area (Å²) in [6.07, 6.45) is 10.2. The van der Waals surface area contributed by atoms with Crippen LogP contribution in [0.15, 0.2) is 0 Å². The van der Waals surface area contributed by atoms with Gasteiger partial charge in [-0.1, -0.05) is 33.6 Å². The lowest BCUT2D eigenvalue weighted by Crippen LogP contribution is -2.56. The summed E-state index contributed by atoms with van der Waals surface area (Å²) in [5, 5.41) is 3.55. The summed E-state index contributed by atoms with van der Waals surface area (Å²) in [5.74, 6) is 0.835. The Bertz CT molecular complexity index is 458. The highest BCUT2D eigenvalue weighted by Gasteiger charge is 2.48. The number of carbonyl (C=O) groups excluding carboxylic acids is 2. The van der Waals surface area contributed by atoms with E-state index in [9.17, 15) is 9.59 Å². The van der Waals surface area contributed by atoms with Gasteiger partial charge in [-0.3, -0.25) is 9.59 Å². The third-order valence-electron chi connectivity index (χ3n) is 6.66. The Balaban J connectivity index is 1.65. The van der Waals surface area contributed by atoms with Crippen molar-refractivity contribution in [1.29, 1.82) is 0 Å². The molecule has 0 bridgehead atoms. The molecule has 3 rings (SSSR count). The SMILES string of the molecule is CC(C)(C)C1CCC2(CC1)CC(=O)N(N1CCCCCC1)C(=O)C2. The third-order valence-corrected chi connectivity index (χ3v) is 6.66. The van der Waals surface area contributed by atoms with Crippen molar-refractivity contribution in [1.82, 2.24) is 10.0 Å². The summed E-state index contributed by atoms with van der Waals surface area (Å²) in [6, 6.07) is 0. The Kier molecular flexibility index (Phi) is 5.06. The summed E-state index contributed by atoms with van der Waals surface area (Å²) in [7, 11) is 0. The zero-order valence-corrected chi connectivity index (χ0v) is 15.8. The molecule has 2 amide bonds. The number of carbonyl (C=O) groups is 2. The van der Waals surface area contributed by atoms with Gasteiger partial charge in [-0.25, -0.2) is 10.0 Å². The second-order valence-electron chi connectivity index (χ2n) is 9.46. The first-order valence-electron chi connectivity index (χ1n) is 9.91. The largest absolute Gasteiger partial charge is 0.273 e. The smallest absolute Gasteiger partial charge is 0.244 e. The minimum atomic E-state index is -0.0434. The minimum Gasteiger partial charge on any atom is -0.273 e. The summed E-state index contributed by atoms with van der Waals surface area (Å²) in [4.78, 5) is 25.7. The number of hydrazine groups is 1. The summed E-state index contributed by atoms with van der Waals surface area (Å²) in [5.41, 5.74) is 0.292. The average molecular weight is 335 g/mol. The summed E-state index contributed by atoms with van der Waals surface area (Å²) in [6.45, 7) is 8.66. The average Bonchev–Trinajstić information content (AvgIpc) is 2.75. The molecule has 0 aromatic carbocycles. The monoisotopic (exact) mass is 334 g/mol. The Morgan fingerprint density at radius 2 is 1.38 bits per heavy atom. The van der Waals surface area contributed by atoms with E-state index in [1.807, 2.05) is 5.01 Å². The van der Waals surface area contributed by atoms with E-state index in [-0.39, 0.29) is 17.2 Å². The van der Waals surface area contributed by atoms with Crippen LogP contribution in [0.25, 0.3) is 0 Å². The van der Waals surface area contributed by atoms with Crippen LogP contribution in [-0.2, 0) is 9.59 Å². The highest BCUT2D eigenvalue weighted by molar-refractivity contribution is 5.98. The van der Waals surface area contributed by atoms with Gasteiger partial charge in [-0.15, -0.1) is 0 Å². The number of hydrogen-bond donors (Lipinski definition) is 0. The fraction of sp³-hybridized carbons (Fsp3) is 0.900. The van der Waals surface area contributed by atoms with E-state index in [4.69, 9.17) is 0 Å². The first-order valence-corrected chi connectivity index (χ1v) is 9.91. The molecule has 3 fully saturated rings. The van der Waals surface area contributed by atoms with Gasteiger partial charge in [0, 0.05) is 25.9 Å². The van der Waals surface area contributed by atoms with Crippen LogP contribution >= 0.6 is 0 Å². The van der Waals surface area contributed by atoms with Gasteiger partial charge in [0.05, 0.1) is 0 Å². The molecule has 2 aliphatic heterocycles. The van der Waals surface area contributed by atoms with Crippen molar-refractivity contribution in [3.8, 4) is 0 Å².